The van der Waals surface area contributed by atoms with E-state index in [0.717, 1.165) is 0 Å². The summed E-state index contributed by atoms with van der Waals surface area (Å²) in [4.78, 5) is 11.7. The summed E-state index contributed by atoms with van der Waals surface area (Å²) in [6.07, 6.45) is 1.89. The molecule has 0 aromatic rings. The fraction of sp³-hybridized carbons (Fsp3) is 0.667. The van der Waals surface area contributed by atoms with Crippen LogP contribution in [0.1, 0.15) is 6.42 Å². The van der Waals surface area contributed by atoms with Crippen molar-refractivity contribution in [1.29, 1.82) is 0 Å². The van der Waals surface area contributed by atoms with Crippen LogP contribution < -0.4 is 5.32 Å². The predicted octanol–water partition coefficient (Wildman–Crippen LogP) is 1.21. The van der Waals surface area contributed by atoms with Crippen molar-refractivity contribution in [2.75, 3.05) is 27.4 Å². The number of rotatable bonds is 8. The first-order valence-electron chi connectivity index (χ1n) is 4.54. The fourth-order valence-corrected chi connectivity index (χ4v) is 2.09. The molecule has 0 saturated carbocycles. The number of ketones is 1. The molecular formula is C9H18NO4P. The molecule has 1 N–H and O–H groups in total. The van der Waals surface area contributed by atoms with Gasteiger partial charge in [0.05, 0.1) is 6.04 Å². The average molecular weight is 235 g/mol. The summed E-state index contributed by atoms with van der Waals surface area (Å²) >= 11 is 0. The molecule has 0 fully saturated rings. The second-order valence-corrected chi connectivity index (χ2v) is 5.23. The van der Waals surface area contributed by atoms with Crippen LogP contribution in [-0.4, -0.2) is 39.3 Å². The van der Waals surface area contributed by atoms with E-state index in [1.807, 2.05) is 0 Å². The van der Waals surface area contributed by atoms with E-state index in [2.05, 4.69) is 20.9 Å². The lowest BCUT2D eigenvalue weighted by molar-refractivity contribution is -0.118. The SMILES string of the molecule is C=CC[C@H](NC)C(=O)CP(=O)(OC)OC. The number of carbonyl (C=O) groups is 1. The number of likely N-dealkylation sites (N-methyl/N-ethyl adjacent to an activating group) is 1. The molecule has 0 aromatic heterocycles. The minimum atomic E-state index is -3.25. The Kier molecular flexibility index (Phi) is 6.68. The highest BCUT2D eigenvalue weighted by Crippen LogP contribution is 2.46. The van der Waals surface area contributed by atoms with Gasteiger partial charge in [0.25, 0.3) is 0 Å². The van der Waals surface area contributed by atoms with E-state index in [1.165, 1.54) is 14.2 Å². The minimum absolute atomic E-state index is 0.204. The Balaban J connectivity index is 4.44. The third kappa shape index (κ3) is 4.71. The standard InChI is InChI=1S/C9H18NO4P/c1-5-6-8(10-2)9(11)7-15(12,13-3)14-4/h5,8,10H,1,6-7H2,2-4H3/t8-/m0/s1. The van der Waals surface area contributed by atoms with Gasteiger partial charge in [-0.05, 0) is 13.5 Å². The summed E-state index contributed by atoms with van der Waals surface area (Å²) in [5.74, 6) is -0.204. The van der Waals surface area contributed by atoms with Crippen molar-refractivity contribution in [2.24, 2.45) is 0 Å². The molecular weight excluding hydrogens is 217 g/mol. The van der Waals surface area contributed by atoms with Gasteiger partial charge in [0.15, 0.2) is 5.78 Å². The zero-order valence-electron chi connectivity index (χ0n) is 9.36. The van der Waals surface area contributed by atoms with Gasteiger partial charge in [-0.2, -0.15) is 0 Å². The zero-order valence-corrected chi connectivity index (χ0v) is 10.3. The first-order valence-corrected chi connectivity index (χ1v) is 6.27. The van der Waals surface area contributed by atoms with Crippen LogP contribution in [0, 0.1) is 0 Å². The van der Waals surface area contributed by atoms with E-state index in [1.54, 1.807) is 13.1 Å². The number of hydrogen-bond donors (Lipinski definition) is 1. The molecule has 0 aliphatic heterocycles. The molecule has 0 aliphatic rings. The van der Waals surface area contributed by atoms with Crippen LogP contribution in [0.25, 0.3) is 0 Å². The van der Waals surface area contributed by atoms with Crippen LogP contribution in [0.15, 0.2) is 12.7 Å². The van der Waals surface area contributed by atoms with Crippen LogP contribution in [0.2, 0.25) is 0 Å². The molecule has 1 atom stereocenters. The van der Waals surface area contributed by atoms with Crippen molar-refractivity contribution in [3.63, 3.8) is 0 Å². The highest BCUT2D eigenvalue weighted by atomic mass is 31.2. The van der Waals surface area contributed by atoms with Gasteiger partial charge in [0.2, 0.25) is 0 Å². The lowest BCUT2D eigenvalue weighted by atomic mass is 10.1. The Morgan fingerprint density at radius 1 is 1.53 bits per heavy atom. The molecule has 0 saturated heterocycles. The maximum Gasteiger partial charge on any atom is 0.337 e. The largest absolute Gasteiger partial charge is 0.337 e. The van der Waals surface area contributed by atoms with Gasteiger partial charge in [-0.1, -0.05) is 6.08 Å². The van der Waals surface area contributed by atoms with Gasteiger partial charge >= 0.3 is 7.60 Å². The molecule has 0 aromatic carbocycles. The van der Waals surface area contributed by atoms with Crippen molar-refractivity contribution in [3.05, 3.63) is 12.7 Å². The zero-order chi connectivity index (χ0) is 11.9. The number of nitrogens with one attached hydrogen (secondary N) is 1. The molecule has 88 valence electrons. The third-order valence-electron chi connectivity index (χ3n) is 2.05. The number of hydrogen-bond acceptors (Lipinski definition) is 5. The normalized spacial score (nSPS) is 13.5. The van der Waals surface area contributed by atoms with E-state index in [0.29, 0.717) is 6.42 Å². The van der Waals surface area contributed by atoms with Crippen molar-refractivity contribution < 1.29 is 18.4 Å². The maximum atomic E-state index is 11.7. The van der Waals surface area contributed by atoms with E-state index >= 15 is 0 Å². The van der Waals surface area contributed by atoms with Crippen molar-refractivity contribution in [3.8, 4) is 0 Å². The Bertz CT molecular complexity index is 259. The van der Waals surface area contributed by atoms with E-state index in [4.69, 9.17) is 0 Å². The second kappa shape index (κ2) is 6.90. The quantitative estimate of drug-likeness (QED) is 0.506. The van der Waals surface area contributed by atoms with E-state index < -0.39 is 7.60 Å². The summed E-state index contributed by atoms with van der Waals surface area (Å²) in [6, 6.07) is -0.388. The molecule has 6 heteroatoms. The highest BCUT2D eigenvalue weighted by Gasteiger charge is 2.28. The summed E-state index contributed by atoms with van der Waals surface area (Å²) < 4.78 is 21.0. The van der Waals surface area contributed by atoms with Crippen molar-refractivity contribution in [2.45, 2.75) is 12.5 Å². The smallest absolute Gasteiger partial charge is 0.312 e. The van der Waals surface area contributed by atoms with Crippen molar-refractivity contribution >= 4 is 13.4 Å². The maximum absolute atomic E-state index is 11.7. The summed E-state index contributed by atoms with van der Waals surface area (Å²) in [5.41, 5.74) is 0. The number of carbonyl (C=O) groups excluding carboxylic acids is 1. The molecule has 15 heavy (non-hydrogen) atoms. The molecule has 0 rings (SSSR count). The van der Waals surface area contributed by atoms with Crippen molar-refractivity contribution in [1.82, 2.24) is 5.32 Å². The molecule has 0 spiro atoms. The van der Waals surface area contributed by atoms with Gasteiger partial charge in [0, 0.05) is 14.2 Å². The van der Waals surface area contributed by atoms with Crippen LogP contribution in [-0.2, 0) is 18.4 Å². The second-order valence-electron chi connectivity index (χ2n) is 2.97. The average Bonchev–Trinajstić information content (AvgIpc) is 2.25. The fourth-order valence-electron chi connectivity index (χ4n) is 1.08. The van der Waals surface area contributed by atoms with Gasteiger partial charge < -0.3 is 14.4 Å². The molecule has 0 aliphatic carbocycles. The van der Waals surface area contributed by atoms with Crippen LogP contribution in [0.3, 0.4) is 0 Å². The summed E-state index contributed by atoms with van der Waals surface area (Å²) in [7, 11) is 0.938. The highest BCUT2D eigenvalue weighted by molar-refractivity contribution is 7.54. The molecule has 0 radical (unpaired) electrons. The van der Waals surface area contributed by atoms with Gasteiger partial charge in [-0.25, -0.2) is 0 Å². The lowest BCUT2D eigenvalue weighted by Gasteiger charge is -2.17. The molecule has 0 unspecified atom stereocenters. The third-order valence-corrected chi connectivity index (χ3v) is 3.86. The van der Waals surface area contributed by atoms with Gasteiger partial charge in [-0.3, -0.25) is 9.36 Å². The topological polar surface area (TPSA) is 64.6 Å². The van der Waals surface area contributed by atoms with E-state index in [9.17, 15) is 9.36 Å². The Morgan fingerprint density at radius 2 is 2.07 bits per heavy atom. The van der Waals surface area contributed by atoms with Gasteiger partial charge in [-0.15, -0.1) is 6.58 Å². The van der Waals surface area contributed by atoms with Crippen LogP contribution in [0.4, 0.5) is 0 Å². The Labute approximate surface area is 90.4 Å². The monoisotopic (exact) mass is 235 g/mol. The van der Waals surface area contributed by atoms with Crippen LogP contribution >= 0.6 is 7.60 Å². The first-order chi connectivity index (χ1) is 7.02. The van der Waals surface area contributed by atoms with Crippen LogP contribution in [0.5, 0.6) is 0 Å². The summed E-state index contributed by atoms with van der Waals surface area (Å²) in [6.45, 7) is 3.54. The molecule has 0 heterocycles. The molecule has 0 amide bonds. The summed E-state index contributed by atoms with van der Waals surface area (Å²) in [5, 5.41) is 2.82. The molecule has 0 bridgehead atoms. The minimum Gasteiger partial charge on any atom is -0.312 e. The Morgan fingerprint density at radius 3 is 2.40 bits per heavy atom. The first kappa shape index (κ1) is 14.5. The molecule has 5 nitrogen and oxygen atoms in total. The number of Topliss-reactive ketones (excluding diaryl/α,β-unsaturated/α-hetero) is 1. The van der Waals surface area contributed by atoms with Gasteiger partial charge in [0.1, 0.15) is 6.16 Å². The lowest BCUT2D eigenvalue weighted by Crippen LogP contribution is -2.35. The Hall–Kier alpha value is -0.480. The predicted molar refractivity (Wildman–Crippen MR) is 59.2 cm³/mol. The van der Waals surface area contributed by atoms with E-state index in [-0.39, 0.29) is 18.0 Å².